The monoisotopic (exact) mass is 338 g/mol. The minimum atomic E-state index is 0.681. The Morgan fingerprint density at radius 3 is 2.76 bits per heavy atom. The third-order valence-electron chi connectivity index (χ3n) is 3.52. The zero-order valence-electron chi connectivity index (χ0n) is 11.0. The topological polar surface area (TPSA) is 67.6 Å². The van der Waals surface area contributed by atoms with Gasteiger partial charge >= 0.3 is 0 Å². The maximum atomic E-state index is 6.32. The number of para-hydroxylation sites is 2. The smallest absolute Gasteiger partial charge is 0.142 e. The molecular formula is C16H11BrN4. The van der Waals surface area contributed by atoms with Gasteiger partial charge in [0.1, 0.15) is 5.82 Å². The van der Waals surface area contributed by atoms with Crippen molar-refractivity contribution in [1.82, 2.24) is 15.0 Å². The third-order valence-corrected chi connectivity index (χ3v) is 4.01. The van der Waals surface area contributed by atoms with Crippen LogP contribution in [0.5, 0.6) is 0 Å². The second kappa shape index (κ2) is 4.56. The summed E-state index contributed by atoms with van der Waals surface area (Å²) in [6.45, 7) is 0. The van der Waals surface area contributed by atoms with Crippen molar-refractivity contribution < 1.29 is 0 Å². The molecule has 0 atom stereocenters. The van der Waals surface area contributed by atoms with E-state index >= 15 is 0 Å². The van der Waals surface area contributed by atoms with Crippen LogP contribution in [-0.2, 0) is 0 Å². The maximum Gasteiger partial charge on any atom is 0.142 e. The van der Waals surface area contributed by atoms with Gasteiger partial charge in [-0.1, -0.05) is 28.1 Å². The largest absolute Gasteiger partial charge is 0.398 e. The van der Waals surface area contributed by atoms with Crippen LogP contribution < -0.4 is 5.73 Å². The molecule has 0 spiro atoms. The van der Waals surface area contributed by atoms with Gasteiger partial charge in [-0.2, -0.15) is 0 Å². The molecule has 0 saturated carbocycles. The van der Waals surface area contributed by atoms with Gasteiger partial charge in [0.2, 0.25) is 0 Å². The number of imidazole rings is 1. The third kappa shape index (κ3) is 1.97. The average molecular weight is 339 g/mol. The number of nitrogens with zero attached hydrogens (tertiary/aromatic N) is 2. The van der Waals surface area contributed by atoms with Crippen LogP contribution in [0.25, 0.3) is 33.3 Å². The number of fused-ring (bicyclic) bond motifs is 2. The molecule has 0 radical (unpaired) electrons. The van der Waals surface area contributed by atoms with E-state index in [-0.39, 0.29) is 0 Å². The first-order valence-corrected chi connectivity index (χ1v) is 7.30. The van der Waals surface area contributed by atoms with Gasteiger partial charge in [-0.25, -0.2) is 4.98 Å². The van der Waals surface area contributed by atoms with Gasteiger partial charge in [-0.3, -0.25) is 4.98 Å². The number of nitrogen functional groups attached to an aromatic ring is 1. The molecule has 5 heteroatoms. The number of anilines is 1. The zero-order chi connectivity index (χ0) is 14.4. The first kappa shape index (κ1) is 12.3. The molecule has 0 unspecified atom stereocenters. The summed E-state index contributed by atoms with van der Waals surface area (Å²) >= 11 is 3.47. The Morgan fingerprint density at radius 2 is 1.90 bits per heavy atom. The lowest BCUT2D eigenvalue weighted by atomic mass is 10.1. The van der Waals surface area contributed by atoms with Crippen molar-refractivity contribution in [1.29, 1.82) is 0 Å². The number of rotatable bonds is 1. The second-order valence-electron chi connectivity index (χ2n) is 4.85. The van der Waals surface area contributed by atoms with E-state index in [1.807, 2.05) is 42.5 Å². The van der Waals surface area contributed by atoms with Gasteiger partial charge in [0.05, 0.1) is 27.8 Å². The fraction of sp³-hybridized carbons (Fsp3) is 0. The first-order chi connectivity index (χ1) is 10.2. The van der Waals surface area contributed by atoms with E-state index in [0.29, 0.717) is 5.69 Å². The lowest BCUT2D eigenvalue weighted by Gasteiger charge is -2.06. The lowest BCUT2D eigenvalue weighted by Crippen LogP contribution is -1.95. The molecule has 4 nitrogen and oxygen atoms in total. The highest BCUT2D eigenvalue weighted by Gasteiger charge is 2.12. The van der Waals surface area contributed by atoms with Gasteiger partial charge in [-0.15, -0.1) is 0 Å². The Labute approximate surface area is 129 Å². The highest BCUT2D eigenvalue weighted by Crippen LogP contribution is 2.32. The minimum Gasteiger partial charge on any atom is -0.398 e. The summed E-state index contributed by atoms with van der Waals surface area (Å²) in [5.74, 6) is 0.739. The van der Waals surface area contributed by atoms with Crippen molar-refractivity contribution >= 4 is 43.6 Å². The maximum absolute atomic E-state index is 6.32. The minimum absolute atomic E-state index is 0.681. The summed E-state index contributed by atoms with van der Waals surface area (Å²) < 4.78 is 0.977. The van der Waals surface area contributed by atoms with E-state index in [9.17, 15) is 0 Å². The number of pyridine rings is 1. The molecule has 4 rings (SSSR count). The molecule has 4 aromatic rings. The lowest BCUT2D eigenvalue weighted by molar-refractivity contribution is 1.31. The van der Waals surface area contributed by atoms with Gasteiger partial charge in [-0.05, 0) is 30.3 Å². The van der Waals surface area contributed by atoms with Gasteiger partial charge < -0.3 is 10.7 Å². The van der Waals surface area contributed by atoms with Crippen molar-refractivity contribution in [3.05, 3.63) is 53.1 Å². The van der Waals surface area contributed by atoms with Crippen LogP contribution in [0.1, 0.15) is 0 Å². The van der Waals surface area contributed by atoms with E-state index in [4.69, 9.17) is 5.73 Å². The Kier molecular flexibility index (Phi) is 2.68. The van der Waals surface area contributed by atoms with E-state index in [2.05, 4.69) is 30.9 Å². The Hall–Kier alpha value is -2.40. The van der Waals surface area contributed by atoms with E-state index in [0.717, 1.165) is 37.8 Å². The van der Waals surface area contributed by atoms with Crippen molar-refractivity contribution in [2.75, 3.05) is 5.73 Å². The van der Waals surface area contributed by atoms with Crippen molar-refractivity contribution in [3.8, 4) is 11.4 Å². The zero-order valence-corrected chi connectivity index (χ0v) is 12.6. The summed E-state index contributed by atoms with van der Waals surface area (Å²) in [6, 6.07) is 13.8. The van der Waals surface area contributed by atoms with E-state index in [1.54, 1.807) is 6.20 Å². The fourth-order valence-electron chi connectivity index (χ4n) is 2.45. The highest BCUT2D eigenvalue weighted by atomic mass is 79.9. The fourth-order valence-corrected chi connectivity index (χ4v) is 2.82. The van der Waals surface area contributed by atoms with Gasteiger partial charge in [0.15, 0.2) is 0 Å². The number of hydrogen-bond donors (Lipinski definition) is 2. The predicted molar refractivity (Wildman–Crippen MR) is 88.9 cm³/mol. The number of halogens is 1. The van der Waals surface area contributed by atoms with Crippen molar-refractivity contribution in [3.63, 3.8) is 0 Å². The predicted octanol–water partition coefficient (Wildman–Crippen LogP) is 4.12. The summed E-state index contributed by atoms with van der Waals surface area (Å²) in [6.07, 6.45) is 1.77. The molecule has 0 fully saturated rings. The number of nitrogens with one attached hydrogen (secondary N) is 1. The summed E-state index contributed by atoms with van der Waals surface area (Å²) in [5.41, 5.74) is 10.6. The molecule has 0 bridgehead atoms. The number of nitrogens with two attached hydrogens (primary N) is 1. The molecule has 2 aromatic carbocycles. The van der Waals surface area contributed by atoms with E-state index < -0.39 is 0 Å². The van der Waals surface area contributed by atoms with Crippen LogP contribution in [0, 0.1) is 0 Å². The highest BCUT2D eigenvalue weighted by molar-refractivity contribution is 9.10. The number of H-pyrrole nitrogens is 1. The molecule has 0 saturated heterocycles. The molecule has 0 aliphatic carbocycles. The molecule has 3 N–H and O–H groups in total. The van der Waals surface area contributed by atoms with Crippen LogP contribution in [0.15, 0.2) is 53.1 Å². The Bertz CT molecular complexity index is 942. The van der Waals surface area contributed by atoms with Gasteiger partial charge in [0.25, 0.3) is 0 Å². The molecule has 102 valence electrons. The Morgan fingerprint density at radius 1 is 1.05 bits per heavy atom. The molecular weight excluding hydrogens is 328 g/mol. The molecule has 0 amide bonds. The van der Waals surface area contributed by atoms with Crippen molar-refractivity contribution in [2.45, 2.75) is 0 Å². The van der Waals surface area contributed by atoms with Crippen molar-refractivity contribution in [2.24, 2.45) is 0 Å². The van der Waals surface area contributed by atoms with Crippen LogP contribution in [-0.4, -0.2) is 15.0 Å². The summed E-state index contributed by atoms with van der Waals surface area (Å²) in [7, 11) is 0. The quantitative estimate of drug-likeness (QED) is 0.548. The molecule has 2 heterocycles. The van der Waals surface area contributed by atoms with Crippen LogP contribution >= 0.6 is 15.9 Å². The SMILES string of the molecule is Nc1c(-c2nc3ccccc3[nH]2)cnc2ccc(Br)cc12. The standard InChI is InChI=1S/C16H11BrN4/c17-9-5-6-12-10(7-9)15(18)11(8-19-12)16-20-13-3-1-2-4-14(13)21-16/h1-8H,(H2,18,19)(H,20,21). The normalized spacial score (nSPS) is 11.3. The average Bonchev–Trinajstić information content (AvgIpc) is 2.92. The molecule has 0 aliphatic rings. The molecule has 21 heavy (non-hydrogen) atoms. The Balaban J connectivity index is 1.99. The van der Waals surface area contributed by atoms with Crippen LogP contribution in [0.4, 0.5) is 5.69 Å². The number of benzene rings is 2. The van der Waals surface area contributed by atoms with Crippen LogP contribution in [0.3, 0.4) is 0 Å². The number of aromatic amines is 1. The second-order valence-corrected chi connectivity index (χ2v) is 5.77. The summed E-state index contributed by atoms with van der Waals surface area (Å²) in [4.78, 5) is 12.3. The number of aromatic nitrogens is 3. The number of hydrogen-bond acceptors (Lipinski definition) is 3. The van der Waals surface area contributed by atoms with Gasteiger partial charge in [0, 0.05) is 16.1 Å². The van der Waals surface area contributed by atoms with Crippen LogP contribution in [0.2, 0.25) is 0 Å². The summed E-state index contributed by atoms with van der Waals surface area (Å²) in [5, 5.41) is 0.919. The molecule has 0 aliphatic heterocycles. The van der Waals surface area contributed by atoms with E-state index in [1.165, 1.54) is 0 Å². The first-order valence-electron chi connectivity index (χ1n) is 6.51. The molecule has 2 aromatic heterocycles.